The zero-order chi connectivity index (χ0) is 13.8. The highest BCUT2D eigenvalue weighted by molar-refractivity contribution is 6.30. The van der Waals surface area contributed by atoms with E-state index in [2.05, 4.69) is 4.90 Å². The fourth-order valence-electron chi connectivity index (χ4n) is 2.21. The van der Waals surface area contributed by atoms with Crippen LogP contribution in [0.15, 0.2) is 24.3 Å². The molecule has 1 saturated heterocycles. The van der Waals surface area contributed by atoms with Crippen molar-refractivity contribution in [2.75, 3.05) is 37.0 Å². The van der Waals surface area contributed by atoms with Crippen LogP contribution in [0.4, 0.5) is 5.69 Å². The Morgan fingerprint density at radius 1 is 1.21 bits per heavy atom. The largest absolute Gasteiger partial charge is 0.368 e. The van der Waals surface area contributed by atoms with Gasteiger partial charge in [-0.25, -0.2) is 0 Å². The van der Waals surface area contributed by atoms with Gasteiger partial charge in [-0.15, -0.1) is 11.6 Å². The van der Waals surface area contributed by atoms with Crippen LogP contribution in [0.1, 0.15) is 6.92 Å². The summed E-state index contributed by atoms with van der Waals surface area (Å²) in [6.45, 7) is 5.08. The third-order valence-corrected chi connectivity index (χ3v) is 4.15. The second-order valence-electron chi connectivity index (χ2n) is 4.84. The van der Waals surface area contributed by atoms with E-state index in [9.17, 15) is 4.79 Å². The molecular weight excluding hydrogens is 283 g/mol. The Morgan fingerprint density at radius 2 is 1.79 bits per heavy atom. The van der Waals surface area contributed by atoms with Gasteiger partial charge < -0.3 is 9.80 Å². The molecule has 1 amide bonds. The molecule has 1 fully saturated rings. The van der Waals surface area contributed by atoms with Gasteiger partial charge in [0.05, 0.1) is 0 Å². The maximum atomic E-state index is 12.0. The molecule has 2 rings (SSSR count). The van der Waals surface area contributed by atoms with Gasteiger partial charge >= 0.3 is 0 Å². The number of hydrogen-bond acceptors (Lipinski definition) is 2. The minimum atomic E-state index is -0.0938. The first-order valence-electron chi connectivity index (χ1n) is 6.47. The van der Waals surface area contributed by atoms with Crippen LogP contribution in [-0.2, 0) is 4.79 Å². The normalized spacial score (nSPS) is 17.4. The van der Waals surface area contributed by atoms with Gasteiger partial charge in [0.15, 0.2) is 0 Å². The molecule has 1 aliphatic heterocycles. The number of nitrogens with zero attached hydrogens (tertiary/aromatic N) is 2. The first-order chi connectivity index (χ1) is 9.11. The van der Waals surface area contributed by atoms with E-state index in [4.69, 9.17) is 23.2 Å². The fourth-order valence-corrected chi connectivity index (χ4v) is 2.47. The lowest BCUT2D eigenvalue weighted by atomic mass is 10.1. The predicted molar refractivity (Wildman–Crippen MR) is 80.1 cm³/mol. The Kier molecular flexibility index (Phi) is 4.94. The molecule has 1 unspecified atom stereocenters. The Bertz CT molecular complexity index is 428. The van der Waals surface area contributed by atoms with Crippen molar-refractivity contribution in [3.63, 3.8) is 0 Å². The quantitative estimate of drug-likeness (QED) is 0.802. The third kappa shape index (κ3) is 3.54. The number of carbonyl (C=O) groups is 1. The van der Waals surface area contributed by atoms with Crippen LogP contribution < -0.4 is 4.90 Å². The van der Waals surface area contributed by atoms with Crippen LogP contribution in [0.2, 0.25) is 5.02 Å². The maximum absolute atomic E-state index is 12.0. The van der Waals surface area contributed by atoms with Crippen molar-refractivity contribution >= 4 is 34.8 Å². The van der Waals surface area contributed by atoms with Gasteiger partial charge in [-0.05, 0) is 24.3 Å². The van der Waals surface area contributed by atoms with Crippen molar-refractivity contribution < 1.29 is 4.79 Å². The maximum Gasteiger partial charge on any atom is 0.226 e. The van der Waals surface area contributed by atoms with Crippen molar-refractivity contribution in [2.45, 2.75) is 6.92 Å². The second-order valence-corrected chi connectivity index (χ2v) is 5.59. The molecule has 3 nitrogen and oxygen atoms in total. The molecule has 0 bridgehead atoms. The SMILES string of the molecule is CC(CCl)C(=O)N1CCN(c2ccc(Cl)cc2)CC1. The van der Waals surface area contributed by atoms with Crippen LogP contribution in [0.3, 0.4) is 0 Å². The van der Waals surface area contributed by atoms with E-state index in [0.717, 1.165) is 36.9 Å². The van der Waals surface area contributed by atoms with E-state index in [1.54, 1.807) is 0 Å². The van der Waals surface area contributed by atoms with Crippen LogP contribution in [0.5, 0.6) is 0 Å². The summed E-state index contributed by atoms with van der Waals surface area (Å²) in [7, 11) is 0. The van der Waals surface area contributed by atoms with Gasteiger partial charge in [0.25, 0.3) is 0 Å². The Morgan fingerprint density at radius 3 is 2.32 bits per heavy atom. The zero-order valence-electron chi connectivity index (χ0n) is 11.0. The molecule has 1 heterocycles. The number of carbonyl (C=O) groups excluding carboxylic acids is 1. The minimum Gasteiger partial charge on any atom is -0.368 e. The van der Waals surface area contributed by atoms with Crippen LogP contribution in [-0.4, -0.2) is 42.9 Å². The molecule has 0 radical (unpaired) electrons. The summed E-state index contributed by atoms with van der Waals surface area (Å²) in [5.74, 6) is 0.450. The van der Waals surface area contributed by atoms with Crippen molar-refractivity contribution in [1.82, 2.24) is 4.90 Å². The molecule has 0 spiro atoms. The molecule has 1 aromatic rings. The number of anilines is 1. The standard InChI is InChI=1S/C14H18Cl2N2O/c1-11(10-15)14(19)18-8-6-17(7-9-18)13-4-2-12(16)3-5-13/h2-5,11H,6-10H2,1H3. The van der Waals surface area contributed by atoms with Crippen LogP contribution in [0.25, 0.3) is 0 Å². The Hall–Kier alpha value is -0.930. The highest BCUT2D eigenvalue weighted by Gasteiger charge is 2.24. The molecule has 1 aromatic carbocycles. The number of rotatable bonds is 3. The van der Waals surface area contributed by atoms with Gasteiger partial charge in [-0.3, -0.25) is 4.79 Å². The van der Waals surface area contributed by atoms with Gasteiger partial charge in [0.2, 0.25) is 5.91 Å². The first kappa shape index (κ1) is 14.5. The van der Waals surface area contributed by atoms with E-state index in [1.807, 2.05) is 36.1 Å². The molecule has 0 saturated carbocycles. The fraction of sp³-hybridized carbons (Fsp3) is 0.500. The summed E-state index contributed by atoms with van der Waals surface area (Å²) in [4.78, 5) is 16.2. The average molecular weight is 301 g/mol. The number of hydrogen-bond donors (Lipinski definition) is 0. The number of benzene rings is 1. The zero-order valence-corrected chi connectivity index (χ0v) is 12.5. The van der Waals surface area contributed by atoms with Crippen molar-refractivity contribution in [3.8, 4) is 0 Å². The summed E-state index contributed by atoms with van der Waals surface area (Å²) in [6.07, 6.45) is 0. The monoisotopic (exact) mass is 300 g/mol. The molecule has 19 heavy (non-hydrogen) atoms. The molecule has 0 aliphatic carbocycles. The summed E-state index contributed by atoms with van der Waals surface area (Å²) in [5.41, 5.74) is 1.15. The molecule has 1 atom stereocenters. The van der Waals surface area contributed by atoms with E-state index in [0.29, 0.717) is 5.88 Å². The predicted octanol–water partition coefficient (Wildman–Crippen LogP) is 2.86. The van der Waals surface area contributed by atoms with Crippen LogP contribution in [0, 0.1) is 5.92 Å². The topological polar surface area (TPSA) is 23.6 Å². The molecule has 104 valence electrons. The summed E-state index contributed by atoms with van der Waals surface area (Å²) in [6, 6.07) is 7.82. The van der Waals surface area contributed by atoms with E-state index >= 15 is 0 Å². The Balaban J connectivity index is 1.92. The number of amides is 1. The lowest BCUT2D eigenvalue weighted by Gasteiger charge is -2.37. The first-order valence-corrected chi connectivity index (χ1v) is 7.38. The van der Waals surface area contributed by atoms with Gasteiger partial charge in [0, 0.05) is 48.7 Å². The minimum absolute atomic E-state index is 0.0938. The number of piperazine rings is 1. The van der Waals surface area contributed by atoms with Crippen molar-refractivity contribution in [2.24, 2.45) is 5.92 Å². The van der Waals surface area contributed by atoms with Crippen molar-refractivity contribution in [1.29, 1.82) is 0 Å². The summed E-state index contributed by atoms with van der Waals surface area (Å²) < 4.78 is 0. The lowest BCUT2D eigenvalue weighted by molar-refractivity contribution is -0.134. The van der Waals surface area contributed by atoms with E-state index < -0.39 is 0 Å². The van der Waals surface area contributed by atoms with Crippen LogP contribution >= 0.6 is 23.2 Å². The van der Waals surface area contributed by atoms with E-state index in [1.165, 1.54) is 0 Å². The van der Waals surface area contributed by atoms with Gasteiger partial charge in [0.1, 0.15) is 0 Å². The molecule has 0 aromatic heterocycles. The molecule has 5 heteroatoms. The average Bonchev–Trinajstić information content (AvgIpc) is 2.46. The smallest absolute Gasteiger partial charge is 0.226 e. The number of halogens is 2. The highest BCUT2D eigenvalue weighted by atomic mass is 35.5. The second kappa shape index (κ2) is 6.49. The summed E-state index contributed by atoms with van der Waals surface area (Å²) in [5, 5.41) is 0.744. The molecular formula is C14H18Cl2N2O. The van der Waals surface area contributed by atoms with Gasteiger partial charge in [-0.2, -0.15) is 0 Å². The third-order valence-electron chi connectivity index (χ3n) is 3.44. The Labute approximate surface area is 124 Å². The van der Waals surface area contributed by atoms with Crippen molar-refractivity contribution in [3.05, 3.63) is 29.3 Å². The molecule has 1 aliphatic rings. The lowest BCUT2D eigenvalue weighted by Crippen LogP contribution is -2.50. The van der Waals surface area contributed by atoms with Gasteiger partial charge in [-0.1, -0.05) is 18.5 Å². The van der Waals surface area contributed by atoms with E-state index in [-0.39, 0.29) is 11.8 Å². The highest BCUT2D eigenvalue weighted by Crippen LogP contribution is 2.20. The molecule has 0 N–H and O–H groups in total. The summed E-state index contributed by atoms with van der Waals surface area (Å²) >= 11 is 11.6. The number of alkyl halides is 1.